The fourth-order valence-electron chi connectivity index (χ4n) is 3.13. The third-order valence-corrected chi connectivity index (χ3v) is 4.53. The van der Waals surface area contributed by atoms with Crippen molar-refractivity contribution in [3.8, 4) is 5.75 Å². The van der Waals surface area contributed by atoms with Crippen molar-refractivity contribution in [3.63, 3.8) is 0 Å². The number of piperidine rings is 1. The number of hydrogen-bond acceptors (Lipinski definition) is 4. The van der Waals surface area contributed by atoms with E-state index in [0.717, 1.165) is 42.8 Å². The monoisotopic (exact) mass is 337 g/mol. The first-order valence-electron chi connectivity index (χ1n) is 8.53. The Morgan fingerprint density at radius 2 is 1.72 bits per heavy atom. The van der Waals surface area contributed by atoms with Crippen LogP contribution in [0.3, 0.4) is 0 Å². The minimum absolute atomic E-state index is 0.318. The maximum Gasteiger partial charge on any atom is 0.331 e. The first-order valence-corrected chi connectivity index (χ1v) is 8.53. The van der Waals surface area contributed by atoms with Crippen LogP contribution in [0.1, 0.15) is 24.0 Å². The van der Waals surface area contributed by atoms with Crippen molar-refractivity contribution >= 4 is 12.0 Å². The first-order chi connectivity index (χ1) is 12.2. The average Bonchev–Trinajstić information content (AvgIpc) is 2.68. The van der Waals surface area contributed by atoms with Crippen molar-refractivity contribution in [1.82, 2.24) is 5.32 Å². The molecule has 1 N–H and O–H groups in total. The lowest BCUT2D eigenvalue weighted by atomic mass is 9.85. The van der Waals surface area contributed by atoms with Gasteiger partial charge in [-0.25, -0.2) is 4.79 Å². The molecular formula is C21H23NO3. The second-order valence-corrected chi connectivity index (χ2v) is 6.14. The molecule has 4 nitrogen and oxygen atoms in total. The summed E-state index contributed by atoms with van der Waals surface area (Å²) in [5, 5.41) is 3.33. The number of esters is 1. The smallest absolute Gasteiger partial charge is 0.331 e. The zero-order valence-electron chi connectivity index (χ0n) is 14.4. The molecule has 130 valence electrons. The van der Waals surface area contributed by atoms with Crippen LogP contribution in [0.2, 0.25) is 0 Å². The van der Waals surface area contributed by atoms with Gasteiger partial charge in [0.1, 0.15) is 11.4 Å². The molecule has 25 heavy (non-hydrogen) atoms. The van der Waals surface area contributed by atoms with Gasteiger partial charge in [0.2, 0.25) is 0 Å². The van der Waals surface area contributed by atoms with E-state index < -0.39 is 5.60 Å². The molecule has 1 fully saturated rings. The Labute approximate surface area is 148 Å². The first kappa shape index (κ1) is 17.2. The van der Waals surface area contributed by atoms with Gasteiger partial charge in [0, 0.05) is 18.9 Å². The van der Waals surface area contributed by atoms with Crippen LogP contribution < -0.4 is 10.1 Å². The maximum atomic E-state index is 12.4. The summed E-state index contributed by atoms with van der Waals surface area (Å²) in [6.45, 7) is 1.68. The van der Waals surface area contributed by atoms with Crippen LogP contribution in [0, 0.1) is 0 Å². The number of rotatable bonds is 5. The summed E-state index contributed by atoms with van der Waals surface area (Å²) < 4.78 is 11.1. The van der Waals surface area contributed by atoms with Gasteiger partial charge in [0.05, 0.1) is 7.11 Å². The highest BCUT2D eigenvalue weighted by Crippen LogP contribution is 2.35. The topological polar surface area (TPSA) is 47.6 Å². The van der Waals surface area contributed by atoms with Crippen LogP contribution in [0.5, 0.6) is 5.75 Å². The fraction of sp³-hybridized carbons (Fsp3) is 0.286. The van der Waals surface area contributed by atoms with Crippen LogP contribution in [0.4, 0.5) is 0 Å². The zero-order chi connectivity index (χ0) is 17.5. The summed E-state index contributed by atoms with van der Waals surface area (Å²) in [6, 6.07) is 17.5. The van der Waals surface area contributed by atoms with Gasteiger partial charge < -0.3 is 14.8 Å². The molecule has 0 radical (unpaired) electrons. The third-order valence-electron chi connectivity index (χ3n) is 4.53. The Balaban J connectivity index is 1.73. The van der Waals surface area contributed by atoms with E-state index in [-0.39, 0.29) is 5.97 Å². The largest absolute Gasteiger partial charge is 0.497 e. The van der Waals surface area contributed by atoms with Crippen molar-refractivity contribution in [2.75, 3.05) is 20.2 Å². The summed E-state index contributed by atoms with van der Waals surface area (Å²) >= 11 is 0. The zero-order valence-corrected chi connectivity index (χ0v) is 14.4. The van der Waals surface area contributed by atoms with E-state index in [4.69, 9.17) is 9.47 Å². The van der Waals surface area contributed by atoms with E-state index in [2.05, 4.69) is 5.32 Å². The quantitative estimate of drug-likeness (QED) is 0.670. The van der Waals surface area contributed by atoms with Gasteiger partial charge in [-0.1, -0.05) is 42.5 Å². The Kier molecular flexibility index (Phi) is 5.51. The van der Waals surface area contributed by atoms with E-state index in [0.29, 0.717) is 0 Å². The summed E-state index contributed by atoms with van der Waals surface area (Å²) in [4.78, 5) is 12.4. The second-order valence-electron chi connectivity index (χ2n) is 6.14. The van der Waals surface area contributed by atoms with E-state index >= 15 is 0 Å². The van der Waals surface area contributed by atoms with Crippen LogP contribution in [0.25, 0.3) is 6.08 Å². The van der Waals surface area contributed by atoms with E-state index in [1.165, 1.54) is 6.08 Å². The van der Waals surface area contributed by atoms with Crippen LogP contribution >= 0.6 is 0 Å². The number of carbonyl (C=O) groups excluding carboxylic acids is 1. The number of carbonyl (C=O) groups is 1. The molecule has 0 aromatic heterocycles. The van der Waals surface area contributed by atoms with Crippen molar-refractivity contribution < 1.29 is 14.3 Å². The molecule has 4 heteroatoms. The Morgan fingerprint density at radius 1 is 1.04 bits per heavy atom. The van der Waals surface area contributed by atoms with Gasteiger partial charge in [-0.3, -0.25) is 0 Å². The predicted octanol–water partition coefficient (Wildman–Crippen LogP) is 3.53. The van der Waals surface area contributed by atoms with E-state index in [1.54, 1.807) is 13.2 Å². The summed E-state index contributed by atoms with van der Waals surface area (Å²) in [6.07, 6.45) is 4.81. The molecule has 2 aromatic carbocycles. The molecule has 1 aliphatic rings. The molecular weight excluding hydrogens is 314 g/mol. The maximum absolute atomic E-state index is 12.4. The van der Waals surface area contributed by atoms with Gasteiger partial charge in [-0.2, -0.15) is 0 Å². The lowest BCUT2D eigenvalue weighted by molar-refractivity contribution is -0.157. The van der Waals surface area contributed by atoms with Crippen LogP contribution in [-0.2, 0) is 15.1 Å². The highest BCUT2D eigenvalue weighted by atomic mass is 16.6. The normalized spacial score (nSPS) is 16.5. The van der Waals surface area contributed by atoms with Gasteiger partial charge in [-0.15, -0.1) is 0 Å². The van der Waals surface area contributed by atoms with Gasteiger partial charge in [0.25, 0.3) is 0 Å². The third kappa shape index (κ3) is 4.28. The van der Waals surface area contributed by atoms with Gasteiger partial charge in [-0.05, 0) is 42.4 Å². The molecule has 1 heterocycles. The molecule has 2 aromatic rings. The standard InChI is InChI=1S/C21H23NO3/c1-24-19-10-7-17(8-11-19)9-12-20(23)25-21(13-15-22-16-14-21)18-5-3-2-4-6-18/h2-12,22H,13-16H2,1H3/b12-9+. The van der Waals surface area contributed by atoms with Gasteiger partial charge >= 0.3 is 5.97 Å². The number of methoxy groups -OCH3 is 1. The van der Waals surface area contributed by atoms with E-state index in [9.17, 15) is 4.79 Å². The molecule has 0 unspecified atom stereocenters. The lowest BCUT2D eigenvalue weighted by Gasteiger charge is -2.37. The second kappa shape index (κ2) is 7.99. The molecule has 0 spiro atoms. The van der Waals surface area contributed by atoms with Crippen molar-refractivity contribution in [1.29, 1.82) is 0 Å². The minimum atomic E-state index is -0.548. The van der Waals surface area contributed by atoms with Crippen molar-refractivity contribution in [2.24, 2.45) is 0 Å². The molecule has 3 rings (SSSR count). The van der Waals surface area contributed by atoms with Crippen LogP contribution in [-0.4, -0.2) is 26.2 Å². The fourth-order valence-corrected chi connectivity index (χ4v) is 3.13. The minimum Gasteiger partial charge on any atom is -0.497 e. The van der Waals surface area contributed by atoms with Crippen molar-refractivity contribution in [3.05, 3.63) is 71.8 Å². The highest BCUT2D eigenvalue weighted by molar-refractivity contribution is 5.87. The molecule has 0 atom stereocenters. The van der Waals surface area contributed by atoms with E-state index in [1.807, 2.05) is 54.6 Å². The summed E-state index contributed by atoms with van der Waals surface area (Å²) in [5.41, 5.74) is 1.44. The molecule has 0 amide bonds. The Morgan fingerprint density at radius 3 is 2.36 bits per heavy atom. The number of benzene rings is 2. The Hall–Kier alpha value is -2.59. The molecule has 0 bridgehead atoms. The Bertz CT molecular complexity index is 717. The lowest BCUT2D eigenvalue weighted by Crippen LogP contribution is -2.42. The summed E-state index contributed by atoms with van der Waals surface area (Å²) in [5.74, 6) is 0.471. The molecule has 1 saturated heterocycles. The number of ether oxygens (including phenoxy) is 2. The molecule has 0 saturated carbocycles. The molecule has 1 aliphatic heterocycles. The van der Waals surface area contributed by atoms with Crippen LogP contribution in [0.15, 0.2) is 60.7 Å². The predicted molar refractivity (Wildman–Crippen MR) is 98.3 cm³/mol. The van der Waals surface area contributed by atoms with Gasteiger partial charge in [0.15, 0.2) is 0 Å². The summed E-state index contributed by atoms with van der Waals surface area (Å²) in [7, 11) is 1.63. The number of nitrogens with one attached hydrogen (secondary N) is 1. The number of hydrogen-bond donors (Lipinski definition) is 1. The van der Waals surface area contributed by atoms with Crippen molar-refractivity contribution in [2.45, 2.75) is 18.4 Å². The highest BCUT2D eigenvalue weighted by Gasteiger charge is 2.37. The average molecular weight is 337 g/mol. The molecule has 0 aliphatic carbocycles. The SMILES string of the molecule is COc1ccc(/C=C/C(=O)OC2(c3ccccc3)CCNCC2)cc1.